The van der Waals surface area contributed by atoms with Gasteiger partial charge < -0.3 is 10.4 Å². The Balaban J connectivity index is 1.66. The van der Waals surface area contributed by atoms with Gasteiger partial charge >= 0.3 is 0 Å². The lowest BCUT2D eigenvalue weighted by Crippen LogP contribution is -2.33. The van der Waals surface area contributed by atoms with Crippen molar-refractivity contribution >= 4 is 27.7 Å². The molecule has 3 aromatic carbocycles. The molecule has 3 aromatic rings. The summed E-state index contributed by atoms with van der Waals surface area (Å²) in [5, 5.41) is 14.1. The van der Waals surface area contributed by atoms with Crippen LogP contribution in [-0.4, -0.2) is 43.5 Å². The SMILES string of the molecule is CC(C)Sc1cc(-c2ccc(CCN[C@@H](C)[C@@H](O)c3ccccc3)cc2)ccc1C(=O)NS(C)(=O)=O. The summed E-state index contributed by atoms with van der Waals surface area (Å²) in [5.74, 6) is -0.623. The first-order valence-electron chi connectivity index (χ1n) is 11.9. The number of benzene rings is 3. The van der Waals surface area contributed by atoms with Crippen molar-refractivity contribution in [3.05, 3.63) is 89.5 Å². The van der Waals surface area contributed by atoms with E-state index in [0.29, 0.717) is 5.56 Å². The van der Waals surface area contributed by atoms with Gasteiger partial charge in [-0.05, 0) is 54.3 Å². The highest BCUT2D eigenvalue weighted by Gasteiger charge is 2.18. The van der Waals surface area contributed by atoms with Crippen LogP contribution in [0.5, 0.6) is 0 Å². The standard InChI is InChI=1S/C28H34N2O4S2/c1-19(2)35-26-18-24(14-15-25(26)28(32)30-36(4,33)34)22-12-10-21(11-13-22)16-17-29-20(3)27(31)23-8-6-5-7-9-23/h5-15,18-20,27,29,31H,16-17H2,1-4H3,(H,30,32)/t20-,27+/m0/s1. The average molecular weight is 527 g/mol. The van der Waals surface area contributed by atoms with E-state index in [1.54, 1.807) is 6.07 Å². The molecule has 36 heavy (non-hydrogen) atoms. The second-order valence-electron chi connectivity index (χ2n) is 9.13. The Labute approximate surface area is 218 Å². The minimum atomic E-state index is -3.64. The molecule has 3 rings (SSSR count). The zero-order valence-corrected chi connectivity index (χ0v) is 22.7. The van der Waals surface area contributed by atoms with E-state index in [2.05, 4.69) is 22.2 Å². The second-order valence-corrected chi connectivity index (χ2v) is 12.5. The van der Waals surface area contributed by atoms with Gasteiger partial charge in [-0.3, -0.25) is 4.79 Å². The van der Waals surface area contributed by atoms with Gasteiger partial charge in [-0.1, -0.05) is 74.5 Å². The van der Waals surface area contributed by atoms with E-state index in [1.165, 1.54) is 17.3 Å². The maximum Gasteiger partial charge on any atom is 0.265 e. The molecule has 2 atom stereocenters. The van der Waals surface area contributed by atoms with Crippen molar-refractivity contribution in [1.29, 1.82) is 0 Å². The van der Waals surface area contributed by atoms with Crippen LogP contribution in [0.15, 0.2) is 77.7 Å². The summed E-state index contributed by atoms with van der Waals surface area (Å²) in [5.41, 5.74) is 4.39. The van der Waals surface area contributed by atoms with Crippen molar-refractivity contribution in [2.24, 2.45) is 0 Å². The molecule has 0 bridgehead atoms. The lowest BCUT2D eigenvalue weighted by molar-refractivity contribution is 0.0979. The molecule has 0 heterocycles. The molecule has 8 heteroatoms. The fourth-order valence-corrected chi connectivity index (χ4v) is 5.26. The third kappa shape index (κ3) is 8.20. The van der Waals surface area contributed by atoms with E-state index in [1.807, 2.05) is 75.4 Å². The molecule has 0 aliphatic heterocycles. The Kier molecular flexibility index (Phi) is 9.73. The minimum Gasteiger partial charge on any atom is -0.387 e. The molecule has 6 nitrogen and oxygen atoms in total. The smallest absolute Gasteiger partial charge is 0.265 e. The number of aliphatic hydroxyl groups excluding tert-OH is 1. The molecule has 0 spiro atoms. The van der Waals surface area contributed by atoms with Crippen molar-refractivity contribution in [3.63, 3.8) is 0 Å². The molecule has 0 radical (unpaired) electrons. The monoisotopic (exact) mass is 526 g/mol. The molecule has 0 saturated carbocycles. The average Bonchev–Trinajstić information content (AvgIpc) is 2.83. The Hall–Kier alpha value is -2.65. The molecule has 0 fully saturated rings. The van der Waals surface area contributed by atoms with E-state index in [-0.39, 0.29) is 11.3 Å². The lowest BCUT2D eigenvalue weighted by Gasteiger charge is -2.20. The molecule has 0 unspecified atom stereocenters. The van der Waals surface area contributed by atoms with Gasteiger partial charge in [-0.2, -0.15) is 0 Å². The van der Waals surface area contributed by atoms with Crippen LogP contribution in [0.4, 0.5) is 0 Å². The first-order valence-corrected chi connectivity index (χ1v) is 14.7. The highest BCUT2D eigenvalue weighted by atomic mass is 32.2. The fourth-order valence-electron chi connectivity index (χ4n) is 3.82. The number of rotatable bonds is 11. The lowest BCUT2D eigenvalue weighted by atomic mass is 10.0. The van der Waals surface area contributed by atoms with Gasteiger partial charge in [0.15, 0.2) is 0 Å². The molecule has 0 saturated heterocycles. The summed E-state index contributed by atoms with van der Waals surface area (Å²) in [7, 11) is -3.64. The van der Waals surface area contributed by atoms with Crippen LogP contribution in [0.2, 0.25) is 0 Å². The number of nitrogens with one attached hydrogen (secondary N) is 2. The number of amides is 1. The third-order valence-electron chi connectivity index (χ3n) is 5.65. The summed E-state index contributed by atoms with van der Waals surface area (Å²) >= 11 is 1.52. The minimum absolute atomic E-state index is 0.0676. The Morgan fingerprint density at radius 3 is 2.19 bits per heavy atom. The van der Waals surface area contributed by atoms with Gasteiger partial charge in [0.25, 0.3) is 5.91 Å². The predicted molar refractivity (Wildman–Crippen MR) is 148 cm³/mol. The summed E-state index contributed by atoms with van der Waals surface area (Å²) in [6, 6.07) is 23.3. The summed E-state index contributed by atoms with van der Waals surface area (Å²) in [6.07, 6.45) is 1.23. The Morgan fingerprint density at radius 2 is 1.58 bits per heavy atom. The number of carbonyl (C=O) groups is 1. The van der Waals surface area contributed by atoms with E-state index in [0.717, 1.165) is 40.8 Å². The number of carbonyl (C=O) groups excluding carboxylic acids is 1. The Bertz CT molecular complexity index is 1260. The van der Waals surface area contributed by atoms with Crippen molar-refractivity contribution in [3.8, 4) is 11.1 Å². The quantitative estimate of drug-likeness (QED) is 0.311. The van der Waals surface area contributed by atoms with Crippen molar-refractivity contribution in [1.82, 2.24) is 10.0 Å². The van der Waals surface area contributed by atoms with Crippen LogP contribution in [0.3, 0.4) is 0 Å². The van der Waals surface area contributed by atoms with E-state index < -0.39 is 22.0 Å². The maximum atomic E-state index is 12.5. The molecular weight excluding hydrogens is 492 g/mol. The zero-order valence-electron chi connectivity index (χ0n) is 21.1. The van der Waals surface area contributed by atoms with Crippen LogP contribution >= 0.6 is 11.8 Å². The number of thioether (sulfide) groups is 1. The number of hydrogen-bond acceptors (Lipinski definition) is 6. The van der Waals surface area contributed by atoms with Crippen LogP contribution in [0.1, 0.15) is 48.4 Å². The molecule has 1 amide bonds. The van der Waals surface area contributed by atoms with Crippen molar-refractivity contribution in [2.75, 3.05) is 12.8 Å². The van der Waals surface area contributed by atoms with Gasteiger partial charge in [-0.25, -0.2) is 13.1 Å². The van der Waals surface area contributed by atoms with E-state index >= 15 is 0 Å². The molecule has 0 aromatic heterocycles. The first-order chi connectivity index (χ1) is 17.0. The maximum absolute atomic E-state index is 12.5. The topological polar surface area (TPSA) is 95.5 Å². The van der Waals surface area contributed by atoms with Crippen LogP contribution in [0, 0.1) is 0 Å². The molecule has 0 aliphatic carbocycles. The Morgan fingerprint density at radius 1 is 0.944 bits per heavy atom. The predicted octanol–water partition coefficient (Wildman–Crippen LogP) is 4.80. The molecule has 3 N–H and O–H groups in total. The normalized spacial score (nSPS) is 13.4. The summed E-state index contributed by atoms with van der Waals surface area (Å²) in [4.78, 5) is 13.2. The van der Waals surface area contributed by atoms with Crippen LogP contribution in [-0.2, 0) is 16.4 Å². The van der Waals surface area contributed by atoms with E-state index in [4.69, 9.17) is 0 Å². The largest absolute Gasteiger partial charge is 0.387 e. The summed E-state index contributed by atoms with van der Waals surface area (Å²) < 4.78 is 25.1. The van der Waals surface area contributed by atoms with Gasteiger partial charge in [0.05, 0.1) is 17.9 Å². The number of aliphatic hydroxyl groups is 1. The van der Waals surface area contributed by atoms with Gasteiger partial charge in [0, 0.05) is 16.2 Å². The fraction of sp³-hybridized carbons (Fsp3) is 0.321. The van der Waals surface area contributed by atoms with Gasteiger partial charge in [0.2, 0.25) is 10.0 Å². The molecular formula is C28H34N2O4S2. The van der Waals surface area contributed by atoms with Crippen molar-refractivity contribution in [2.45, 2.75) is 49.5 Å². The highest BCUT2D eigenvalue weighted by Crippen LogP contribution is 2.32. The van der Waals surface area contributed by atoms with E-state index in [9.17, 15) is 18.3 Å². The molecule has 0 aliphatic rings. The second kappa shape index (κ2) is 12.5. The van der Waals surface area contributed by atoms with Gasteiger partial charge in [-0.15, -0.1) is 11.8 Å². The van der Waals surface area contributed by atoms with Crippen LogP contribution < -0.4 is 10.0 Å². The number of sulfonamides is 1. The highest BCUT2D eigenvalue weighted by molar-refractivity contribution is 8.00. The van der Waals surface area contributed by atoms with Gasteiger partial charge in [0.1, 0.15) is 0 Å². The zero-order chi connectivity index (χ0) is 26.3. The van der Waals surface area contributed by atoms with Crippen molar-refractivity contribution < 1.29 is 18.3 Å². The van der Waals surface area contributed by atoms with Crippen LogP contribution in [0.25, 0.3) is 11.1 Å². The third-order valence-corrected chi connectivity index (χ3v) is 7.27. The number of hydrogen-bond donors (Lipinski definition) is 3. The molecule has 192 valence electrons. The summed E-state index contributed by atoms with van der Waals surface area (Å²) in [6.45, 7) is 6.77. The first kappa shape index (κ1) is 27.9.